The number of hydrazone groups is 1. The number of benzene rings is 1. The van der Waals surface area contributed by atoms with Crippen molar-refractivity contribution in [2.24, 2.45) is 16.4 Å². The van der Waals surface area contributed by atoms with E-state index in [0.717, 1.165) is 53.7 Å². The molecule has 3 aromatic rings. The smallest absolute Gasteiger partial charge is 0.0717 e. The van der Waals surface area contributed by atoms with E-state index in [0.29, 0.717) is 0 Å². The monoisotopic (exact) mass is 320 g/mol. The quantitative estimate of drug-likeness (QED) is 0.546. The van der Waals surface area contributed by atoms with Crippen molar-refractivity contribution in [3.05, 3.63) is 41.2 Å². The summed E-state index contributed by atoms with van der Waals surface area (Å²) in [5, 5.41) is 6.62. The van der Waals surface area contributed by atoms with Gasteiger partial charge in [0, 0.05) is 21.9 Å². The van der Waals surface area contributed by atoms with E-state index in [2.05, 4.69) is 55.1 Å². The van der Waals surface area contributed by atoms with Crippen molar-refractivity contribution in [2.45, 2.75) is 46.5 Å². The maximum atomic E-state index is 5.77. The normalized spacial score (nSPS) is 18.4. The first-order chi connectivity index (χ1) is 11.5. The molecular weight excluding hydrogens is 296 g/mol. The number of fused-ring (bicyclic) bond motifs is 5. The molecule has 0 saturated carbocycles. The lowest BCUT2D eigenvalue weighted by Gasteiger charge is -2.32. The van der Waals surface area contributed by atoms with Crippen LogP contribution in [0.5, 0.6) is 0 Å². The average molecular weight is 320 g/mol. The van der Waals surface area contributed by atoms with Crippen LogP contribution in [-0.4, -0.2) is 15.7 Å². The number of aryl methyl sites for hydroxylation is 1. The lowest BCUT2D eigenvalue weighted by molar-refractivity contribution is 0.367. The summed E-state index contributed by atoms with van der Waals surface area (Å²) in [5.41, 5.74) is 6.87. The second-order valence-electron chi connectivity index (χ2n) is 7.64. The zero-order chi connectivity index (χ0) is 16.9. The van der Waals surface area contributed by atoms with Gasteiger partial charge in [0.1, 0.15) is 0 Å². The molecule has 3 N–H and O–H groups in total. The Morgan fingerprint density at radius 1 is 1.25 bits per heavy atom. The van der Waals surface area contributed by atoms with Gasteiger partial charge >= 0.3 is 0 Å². The van der Waals surface area contributed by atoms with Crippen LogP contribution < -0.4 is 5.84 Å². The van der Waals surface area contributed by atoms with Crippen molar-refractivity contribution in [1.29, 1.82) is 0 Å². The van der Waals surface area contributed by atoms with E-state index in [9.17, 15) is 0 Å². The average Bonchev–Trinajstić information content (AvgIpc) is 2.92. The topological polar surface area (TPSA) is 67.1 Å². The lowest BCUT2D eigenvalue weighted by Crippen LogP contribution is -2.29. The van der Waals surface area contributed by atoms with Crippen LogP contribution in [0.25, 0.3) is 21.8 Å². The highest BCUT2D eigenvalue weighted by molar-refractivity contribution is 6.18. The van der Waals surface area contributed by atoms with Gasteiger partial charge in [0.05, 0.1) is 22.6 Å². The number of pyridine rings is 1. The molecule has 24 heavy (non-hydrogen) atoms. The maximum absolute atomic E-state index is 5.77. The van der Waals surface area contributed by atoms with Gasteiger partial charge in [0.2, 0.25) is 0 Å². The summed E-state index contributed by atoms with van der Waals surface area (Å²) in [6.45, 7) is 6.73. The SMILES string of the molecule is CCCc1nc2c(c3[nH]c4ccccc4c13)C(=NN)CC(C)(C)C2. The molecule has 4 rings (SSSR count). The highest BCUT2D eigenvalue weighted by Crippen LogP contribution is 2.40. The first-order valence-electron chi connectivity index (χ1n) is 8.73. The number of hydrogen-bond donors (Lipinski definition) is 2. The van der Waals surface area contributed by atoms with Crippen molar-refractivity contribution < 1.29 is 0 Å². The summed E-state index contributed by atoms with van der Waals surface area (Å²) in [6, 6.07) is 8.46. The molecule has 0 spiro atoms. The number of rotatable bonds is 2. The fraction of sp³-hybridized carbons (Fsp3) is 0.400. The molecule has 1 aliphatic carbocycles. The first-order valence-corrected chi connectivity index (χ1v) is 8.73. The molecule has 0 amide bonds. The van der Waals surface area contributed by atoms with Gasteiger partial charge in [0.15, 0.2) is 0 Å². The second kappa shape index (κ2) is 5.33. The van der Waals surface area contributed by atoms with E-state index < -0.39 is 0 Å². The summed E-state index contributed by atoms with van der Waals surface area (Å²) in [6.07, 6.45) is 3.92. The van der Waals surface area contributed by atoms with E-state index >= 15 is 0 Å². The van der Waals surface area contributed by atoms with Crippen LogP contribution >= 0.6 is 0 Å². The number of hydrogen-bond acceptors (Lipinski definition) is 3. The number of nitrogens with zero attached hydrogens (tertiary/aromatic N) is 2. The van der Waals surface area contributed by atoms with Gasteiger partial charge < -0.3 is 10.8 Å². The van der Waals surface area contributed by atoms with E-state index in [4.69, 9.17) is 10.8 Å². The van der Waals surface area contributed by atoms with Crippen LogP contribution in [0.1, 0.15) is 50.6 Å². The second-order valence-corrected chi connectivity index (χ2v) is 7.64. The van der Waals surface area contributed by atoms with Crippen molar-refractivity contribution in [2.75, 3.05) is 0 Å². The van der Waals surface area contributed by atoms with Crippen molar-refractivity contribution in [3.8, 4) is 0 Å². The van der Waals surface area contributed by atoms with Crippen LogP contribution in [0.2, 0.25) is 0 Å². The Balaban J connectivity index is 2.13. The number of nitrogens with two attached hydrogens (primary N) is 1. The van der Waals surface area contributed by atoms with E-state index in [1.165, 1.54) is 16.5 Å². The number of nitrogens with one attached hydrogen (secondary N) is 1. The summed E-state index contributed by atoms with van der Waals surface area (Å²) in [5.74, 6) is 5.77. The highest BCUT2D eigenvalue weighted by Gasteiger charge is 2.33. The standard InChI is InChI=1S/C20H24N4/c1-4-7-14-17-12-8-5-6-9-13(12)23-19(17)18-15(22-14)10-20(2,3)11-16(18)24-21/h5-6,8-9,23H,4,7,10-11,21H2,1-3H3. The van der Waals surface area contributed by atoms with Crippen molar-refractivity contribution in [1.82, 2.24) is 9.97 Å². The van der Waals surface area contributed by atoms with Crippen molar-refractivity contribution >= 4 is 27.5 Å². The number of para-hydroxylation sites is 1. The zero-order valence-electron chi connectivity index (χ0n) is 14.6. The Labute approximate surface area is 142 Å². The molecule has 2 aromatic heterocycles. The van der Waals surface area contributed by atoms with Gasteiger partial charge in [-0.1, -0.05) is 45.4 Å². The predicted molar refractivity (Wildman–Crippen MR) is 100 cm³/mol. The minimum Gasteiger partial charge on any atom is -0.354 e. The molecule has 4 heteroatoms. The highest BCUT2D eigenvalue weighted by atomic mass is 15.1. The van der Waals surface area contributed by atoms with Crippen molar-refractivity contribution in [3.63, 3.8) is 0 Å². The molecule has 124 valence electrons. The summed E-state index contributed by atoms with van der Waals surface area (Å²) in [4.78, 5) is 8.71. The molecule has 0 unspecified atom stereocenters. The van der Waals surface area contributed by atoms with Crippen LogP contribution in [-0.2, 0) is 12.8 Å². The van der Waals surface area contributed by atoms with E-state index in [1.54, 1.807) is 0 Å². The molecule has 0 saturated heterocycles. The fourth-order valence-corrected chi connectivity index (χ4v) is 4.07. The summed E-state index contributed by atoms with van der Waals surface area (Å²) < 4.78 is 0. The van der Waals surface area contributed by atoms with Gasteiger partial charge in [0.25, 0.3) is 0 Å². The van der Waals surface area contributed by atoms with Gasteiger partial charge in [-0.15, -0.1) is 0 Å². The predicted octanol–water partition coefficient (Wildman–Crippen LogP) is 4.30. The van der Waals surface area contributed by atoms with Crippen LogP contribution in [0.3, 0.4) is 0 Å². The summed E-state index contributed by atoms with van der Waals surface area (Å²) in [7, 11) is 0. The van der Waals surface area contributed by atoms with Crippen LogP contribution in [0.4, 0.5) is 0 Å². The Kier molecular flexibility index (Phi) is 3.37. The maximum Gasteiger partial charge on any atom is 0.0717 e. The number of aromatic nitrogens is 2. The molecule has 0 bridgehead atoms. The largest absolute Gasteiger partial charge is 0.354 e. The Morgan fingerprint density at radius 2 is 2.04 bits per heavy atom. The minimum absolute atomic E-state index is 0.140. The fourth-order valence-electron chi connectivity index (χ4n) is 4.07. The Bertz CT molecular complexity index is 963. The molecule has 0 atom stereocenters. The summed E-state index contributed by atoms with van der Waals surface area (Å²) >= 11 is 0. The molecular formula is C20H24N4. The third kappa shape index (κ3) is 2.20. The molecule has 0 fully saturated rings. The minimum atomic E-state index is 0.140. The van der Waals surface area contributed by atoms with Crippen LogP contribution in [0, 0.1) is 5.41 Å². The molecule has 0 aliphatic heterocycles. The third-order valence-corrected chi connectivity index (χ3v) is 5.03. The Hall–Kier alpha value is -2.36. The molecule has 4 nitrogen and oxygen atoms in total. The van der Waals surface area contributed by atoms with Gasteiger partial charge in [-0.3, -0.25) is 4.98 Å². The van der Waals surface area contributed by atoms with Gasteiger partial charge in [-0.05, 0) is 30.7 Å². The zero-order valence-corrected chi connectivity index (χ0v) is 14.6. The number of H-pyrrole nitrogens is 1. The van der Waals surface area contributed by atoms with Gasteiger partial charge in [-0.25, -0.2) is 0 Å². The van der Waals surface area contributed by atoms with E-state index in [1.807, 2.05) is 0 Å². The van der Waals surface area contributed by atoms with Crippen LogP contribution in [0.15, 0.2) is 29.4 Å². The third-order valence-electron chi connectivity index (χ3n) is 5.03. The van der Waals surface area contributed by atoms with Gasteiger partial charge in [-0.2, -0.15) is 5.10 Å². The molecule has 1 aromatic carbocycles. The Morgan fingerprint density at radius 3 is 2.79 bits per heavy atom. The molecule has 1 aliphatic rings. The van der Waals surface area contributed by atoms with E-state index in [-0.39, 0.29) is 5.41 Å². The molecule has 0 radical (unpaired) electrons. The molecule has 2 heterocycles. The lowest BCUT2D eigenvalue weighted by atomic mass is 9.74. The first kappa shape index (κ1) is 15.2. The number of aromatic amines is 1.